The van der Waals surface area contributed by atoms with Crippen LogP contribution in [-0.4, -0.2) is 41.2 Å². The van der Waals surface area contributed by atoms with Gasteiger partial charge in [0, 0.05) is 23.9 Å². The van der Waals surface area contributed by atoms with Crippen molar-refractivity contribution < 1.29 is 34.1 Å². The lowest BCUT2D eigenvalue weighted by molar-refractivity contribution is -0.123. The lowest BCUT2D eigenvalue weighted by atomic mass is 9.70. The number of Topliss-reactive ketones (excluding diaryl/α,β-unsaturated/α-hetero) is 2. The lowest BCUT2D eigenvalue weighted by Crippen LogP contribution is -2.41. The molecule has 0 spiro atoms. The van der Waals surface area contributed by atoms with Gasteiger partial charge in [-0.2, -0.15) is 0 Å². The highest BCUT2D eigenvalue weighted by Crippen LogP contribution is 2.57. The number of carbonyl (C=O) groups excluding carboxylic acids is 3. The van der Waals surface area contributed by atoms with Gasteiger partial charge in [-0.15, -0.1) is 0 Å². The maximum atomic E-state index is 13.8. The van der Waals surface area contributed by atoms with Crippen molar-refractivity contribution in [3.8, 4) is 23.0 Å². The van der Waals surface area contributed by atoms with E-state index in [2.05, 4.69) is 5.32 Å². The van der Waals surface area contributed by atoms with Crippen LogP contribution in [0.5, 0.6) is 23.0 Å². The summed E-state index contributed by atoms with van der Waals surface area (Å²) >= 11 is 0. The molecule has 0 amide bonds. The highest BCUT2D eigenvalue weighted by Gasteiger charge is 2.56. The molecule has 3 N–H and O–H groups in total. The Morgan fingerprint density at radius 1 is 1.11 bits per heavy atom. The van der Waals surface area contributed by atoms with Gasteiger partial charge in [0.1, 0.15) is 39.7 Å². The molecule has 2 aliphatic rings. The van der Waals surface area contributed by atoms with E-state index in [4.69, 9.17) is 9.47 Å². The predicted octanol–water partition coefficient (Wildman–Crippen LogP) is 3.41. The fourth-order valence-electron chi connectivity index (χ4n) is 4.64. The molecule has 0 aromatic heterocycles. The minimum absolute atomic E-state index is 0.0140. The number of allylic oxidation sites excluding steroid dienone is 4. The Morgan fingerprint density at radius 3 is 2.37 bits per heavy atom. The number of carbonyl (C=O) groups is 3. The third-order valence-electron chi connectivity index (χ3n) is 6.72. The van der Waals surface area contributed by atoms with Crippen LogP contribution in [0.1, 0.15) is 47.8 Å². The first-order valence-electron chi connectivity index (χ1n) is 11.2. The van der Waals surface area contributed by atoms with Crippen molar-refractivity contribution in [1.82, 2.24) is 5.32 Å². The average Bonchev–Trinajstić information content (AvgIpc) is 3.11. The van der Waals surface area contributed by atoms with Crippen LogP contribution < -0.4 is 14.8 Å². The second kappa shape index (κ2) is 8.61. The molecular weight excluding hydrogens is 450 g/mol. The van der Waals surface area contributed by atoms with Gasteiger partial charge in [0.15, 0.2) is 17.3 Å². The Morgan fingerprint density at radius 2 is 1.77 bits per heavy atom. The van der Waals surface area contributed by atoms with Gasteiger partial charge in [0.2, 0.25) is 0 Å². The maximum Gasteiger partial charge on any atom is 0.194 e. The number of phenolic OH excluding ortho intramolecular Hbond substituents is 2. The molecular formula is C27H27NO7. The third kappa shape index (κ3) is 3.65. The van der Waals surface area contributed by atoms with Gasteiger partial charge in [-0.3, -0.25) is 14.4 Å². The number of rotatable bonds is 6. The van der Waals surface area contributed by atoms with Gasteiger partial charge < -0.3 is 25.0 Å². The molecule has 8 nitrogen and oxygen atoms in total. The number of phenols is 2. The molecule has 4 rings (SSSR count). The fourth-order valence-corrected chi connectivity index (χ4v) is 4.64. The molecule has 8 heteroatoms. The normalized spacial score (nSPS) is 20.0. The van der Waals surface area contributed by atoms with Gasteiger partial charge in [0.25, 0.3) is 0 Å². The van der Waals surface area contributed by atoms with Crippen LogP contribution in [0.3, 0.4) is 0 Å². The minimum Gasteiger partial charge on any atom is -0.507 e. The molecule has 1 unspecified atom stereocenters. The SMILES string of the molecule is COc1ccc(CCNC(C)=C2C(=O)C=C3Oc4c(C(C)=O)c(O)c(C)c(O)c4C3(C)C2=O)cc1. The number of benzene rings is 2. The van der Waals surface area contributed by atoms with Gasteiger partial charge in [-0.05, 0) is 51.8 Å². The summed E-state index contributed by atoms with van der Waals surface area (Å²) in [4.78, 5) is 39.0. The second-order valence-electron chi connectivity index (χ2n) is 8.91. The van der Waals surface area contributed by atoms with Crippen LogP contribution in [0.25, 0.3) is 0 Å². The zero-order valence-corrected chi connectivity index (χ0v) is 20.2. The number of ether oxygens (including phenoxy) is 2. The van der Waals surface area contributed by atoms with Crippen LogP contribution in [0.15, 0.2) is 47.4 Å². The standard InChI is InChI=1S/C27H27NO7/c1-13-23(31)21(15(3)29)25-22(24(13)32)27(4)19(35-25)12-18(30)20(26(27)33)14(2)28-11-10-16-6-8-17(34-5)9-7-16/h6-9,12,28,31-32H,10-11H2,1-5H3. The highest BCUT2D eigenvalue weighted by atomic mass is 16.5. The molecule has 2 aromatic carbocycles. The van der Waals surface area contributed by atoms with E-state index in [0.29, 0.717) is 18.7 Å². The van der Waals surface area contributed by atoms with Crippen molar-refractivity contribution >= 4 is 17.3 Å². The quantitative estimate of drug-likeness (QED) is 0.329. The molecule has 1 aliphatic carbocycles. The van der Waals surface area contributed by atoms with Crippen LogP contribution in [0.4, 0.5) is 0 Å². The van der Waals surface area contributed by atoms with E-state index in [0.717, 1.165) is 11.3 Å². The van der Waals surface area contributed by atoms with E-state index >= 15 is 0 Å². The van der Waals surface area contributed by atoms with Crippen molar-refractivity contribution in [3.63, 3.8) is 0 Å². The highest BCUT2D eigenvalue weighted by molar-refractivity contribution is 6.31. The number of ketones is 3. The van der Waals surface area contributed by atoms with Crippen LogP contribution >= 0.6 is 0 Å². The summed E-state index contributed by atoms with van der Waals surface area (Å²) in [6.45, 7) is 6.38. The number of aromatic hydroxyl groups is 2. The smallest absolute Gasteiger partial charge is 0.194 e. The summed E-state index contributed by atoms with van der Waals surface area (Å²) in [7, 11) is 1.60. The first kappa shape index (κ1) is 24.1. The van der Waals surface area contributed by atoms with Gasteiger partial charge in [-0.25, -0.2) is 0 Å². The Labute approximate surface area is 202 Å². The van der Waals surface area contributed by atoms with Crippen LogP contribution in [-0.2, 0) is 21.4 Å². The maximum absolute atomic E-state index is 13.8. The predicted molar refractivity (Wildman–Crippen MR) is 128 cm³/mol. The lowest BCUT2D eigenvalue weighted by Gasteiger charge is -2.29. The largest absolute Gasteiger partial charge is 0.507 e. The summed E-state index contributed by atoms with van der Waals surface area (Å²) in [5.41, 5.74) is -0.106. The zero-order valence-electron chi connectivity index (χ0n) is 20.2. The molecule has 182 valence electrons. The molecule has 1 aliphatic heterocycles. The van der Waals surface area contributed by atoms with E-state index in [1.165, 1.54) is 19.9 Å². The van der Waals surface area contributed by atoms with Gasteiger partial charge in [-0.1, -0.05) is 12.1 Å². The molecule has 1 atom stereocenters. The van der Waals surface area contributed by atoms with E-state index in [9.17, 15) is 24.6 Å². The van der Waals surface area contributed by atoms with E-state index in [1.807, 2.05) is 24.3 Å². The van der Waals surface area contributed by atoms with E-state index < -0.39 is 28.5 Å². The first-order valence-corrected chi connectivity index (χ1v) is 11.2. The molecule has 2 aromatic rings. The molecule has 0 fully saturated rings. The van der Waals surface area contributed by atoms with E-state index in [-0.39, 0.29) is 39.5 Å². The van der Waals surface area contributed by atoms with Gasteiger partial charge in [0.05, 0.1) is 18.2 Å². The van der Waals surface area contributed by atoms with Crippen molar-refractivity contribution in [2.24, 2.45) is 0 Å². The first-order chi connectivity index (χ1) is 16.5. The Kier molecular flexibility index (Phi) is 5.92. The summed E-state index contributed by atoms with van der Waals surface area (Å²) in [6.07, 6.45) is 1.86. The number of hydrogen-bond acceptors (Lipinski definition) is 8. The molecule has 0 saturated carbocycles. The van der Waals surface area contributed by atoms with Crippen molar-refractivity contribution in [1.29, 1.82) is 0 Å². The minimum atomic E-state index is -1.52. The van der Waals surface area contributed by atoms with Crippen LogP contribution in [0, 0.1) is 6.92 Å². The second-order valence-corrected chi connectivity index (χ2v) is 8.91. The van der Waals surface area contributed by atoms with Gasteiger partial charge >= 0.3 is 0 Å². The number of methoxy groups -OCH3 is 1. The monoisotopic (exact) mass is 477 g/mol. The number of nitrogens with one attached hydrogen (secondary N) is 1. The molecule has 0 saturated heterocycles. The Bertz CT molecular complexity index is 1330. The molecule has 1 heterocycles. The topological polar surface area (TPSA) is 122 Å². The summed E-state index contributed by atoms with van der Waals surface area (Å²) in [5.74, 6) is -1.66. The zero-order chi connectivity index (χ0) is 25.7. The molecule has 0 radical (unpaired) electrons. The summed E-state index contributed by atoms with van der Waals surface area (Å²) < 4.78 is 10.9. The van der Waals surface area contributed by atoms with Crippen molar-refractivity contribution in [2.45, 2.75) is 39.5 Å². The van der Waals surface area contributed by atoms with Crippen molar-refractivity contribution in [3.05, 3.63) is 69.6 Å². The Hall–Kier alpha value is -4.07. The molecule has 0 bridgehead atoms. The summed E-state index contributed by atoms with van der Waals surface area (Å²) in [6, 6.07) is 7.61. The fraction of sp³-hybridized carbons (Fsp3) is 0.296. The average molecular weight is 478 g/mol. The Balaban J connectivity index is 1.70. The number of hydrogen-bond donors (Lipinski definition) is 3. The number of fused-ring (bicyclic) bond motifs is 3. The molecule has 35 heavy (non-hydrogen) atoms. The van der Waals surface area contributed by atoms with Crippen molar-refractivity contribution in [2.75, 3.05) is 13.7 Å². The van der Waals surface area contributed by atoms with Crippen LogP contribution in [0.2, 0.25) is 0 Å². The third-order valence-corrected chi connectivity index (χ3v) is 6.72. The summed E-state index contributed by atoms with van der Waals surface area (Å²) in [5, 5.41) is 24.5. The van der Waals surface area contributed by atoms with E-state index in [1.54, 1.807) is 21.0 Å².